The summed E-state index contributed by atoms with van der Waals surface area (Å²) in [7, 11) is 0. The third-order valence-corrected chi connectivity index (χ3v) is 8.34. The third kappa shape index (κ3) is 5.56. The lowest BCUT2D eigenvalue weighted by Gasteiger charge is -2.33. The fourth-order valence-corrected chi connectivity index (χ4v) is 6.13. The number of fused-ring (bicyclic) bond motifs is 1. The fraction of sp³-hybridized carbons (Fsp3) is 0.320. The van der Waals surface area contributed by atoms with Crippen LogP contribution in [0.3, 0.4) is 0 Å². The normalized spacial score (nSPS) is 15.4. The topological polar surface area (TPSA) is 97.4 Å². The molecule has 1 aliphatic carbocycles. The van der Waals surface area contributed by atoms with Gasteiger partial charge in [-0.3, -0.25) is 14.9 Å². The number of thiophene rings is 1. The van der Waals surface area contributed by atoms with Crippen molar-refractivity contribution in [2.75, 3.05) is 5.32 Å². The molecule has 2 amide bonds. The standard InChI is InChI=1S/C25H25Cl2N3O3S2/c1-25(2,3)13-5-6-14-19(11-13)35-23(20(14)21(28)31)30-24(34)29-22(32)18-9-8-17(33-18)12-4-7-15(26)16(27)10-12/h4,7-10,13H,5-6,11H2,1-3H3,(H2,28,31)(H2,29,30,32,34). The minimum absolute atomic E-state index is 0.0518. The predicted octanol–water partition coefficient (Wildman–Crippen LogP) is 6.69. The van der Waals surface area contributed by atoms with E-state index in [9.17, 15) is 9.59 Å². The number of nitrogens with two attached hydrogens (primary N) is 1. The van der Waals surface area contributed by atoms with Gasteiger partial charge >= 0.3 is 0 Å². The molecule has 0 radical (unpaired) electrons. The summed E-state index contributed by atoms with van der Waals surface area (Å²) in [6, 6.07) is 8.26. The first kappa shape index (κ1) is 25.7. The summed E-state index contributed by atoms with van der Waals surface area (Å²) in [5, 5.41) is 7.02. The maximum absolute atomic E-state index is 12.7. The summed E-state index contributed by atoms with van der Waals surface area (Å²) in [5.41, 5.74) is 8.00. The van der Waals surface area contributed by atoms with Crippen molar-refractivity contribution in [3.8, 4) is 11.3 Å². The van der Waals surface area contributed by atoms with Crippen LogP contribution in [0.15, 0.2) is 34.7 Å². The van der Waals surface area contributed by atoms with Crippen LogP contribution < -0.4 is 16.4 Å². The molecule has 35 heavy (non-hydrogen) atoms. The quantitative estimate of drug-likeness (QED) is 0.315. The number of benzene rings is 1. The zero-order chi connectivity index (χ0) is 25.5. The van der Waals surface area contributed by atoms with Crippen LogP contribution in [0, 0.1) is 11.3 Å². The number of primary amides is 1. The number of halogens is 2. The van der Waals surface area contributed by atoms with E-state index in [2.05, 4.69) is 31.4 Å². The summed E-state index contributed by atoms with van der Waals surface area (Å²) in [6.07, 6.45) is 2.67. The van der Waals surface area contributed by atoms with E-state index in [4.69, 9.17) is 45.6 Å². The van der Waals surface area contributed by atoms with Gasteiger partial charge in [0, 0.05) is 10.4 Å². The average Bonchev–Trinajstić information content (AvgIpc) is 3.39. The lowest BCUT2D eigenvalue weighted by molar-refractivity contribution is 0.0950. The molecule has 1 atom stereocenters. The van der Waals surface area contributed by atoms with Crippen LogP contribution in [0.1, 0.15) is 58.5 Å². The first-order valence-electron chi connectivity index (χ1n) is 11.1. The summed E-state index contributed by atoms with van der Waals surface area (Å²) in [4.78, 5) is 26.1. The zero-order valence-electron chi connectivity index (χ0n) is 19.5. The number of carbonyl (C=O) groups excluding carboxylic acids is 2. The van der Waals surface area contributed by atoms with Gasteiger partial charge in [-0.05, 0) is 78.7 Å². The SMILES string of the molecule is CC(C)(C)C1CCc2c(sc(NC(=S)NC(=O)c3ccc(-c4ccc(Cl)c(Cl)c4)o3)c2C(N)=O)C1. The van der Waals surface area contributed by atoms with Crippen LogP contribution in [-0.4, -0.2) is 16.9 Å². The summed E-state index contributed by atoms with van der Waals surface area (Å²) in [6.45, 7) is 6.70. The molecule has 4 N–H and O–H groups in total. The fourth-order valence-electron chi connectivity index (χ4n) is 4.24. The van der Waals surface area contributed by atoms with Gasteiger partial charge in [0.25, 0.3) is 11.8 Å². The van der Waals surface area contributed by atoms with E-state index in [0.717, 1.165) is 29.7 Å². The van der Waals surface area contributed by atoms with Crippen LogP contribution >= 0.6 is 46.8 Å². The Hall–Kier alpha value is -2.39. The Kier molecular flexibility index (Phi) is 7.29. The van der Waals surface area contributed by atoms with Crippen LogP contribution in [0.5, 0.6) is 0 Å². The minimum atomic E-state index is -0.524. The van der Waals surface area contributed by atoms with Crippen LogP contribution in [-0.2, 0) is 12.8 Å². The monoisotopic (exact) mass is 549 g/mol. The number of rotatable bonds is 4. The van der Waals surface area contributed by atoms with E-state index in [-0.39, 0.29) is 16.3 Å². The lowest BCUT2D eigenvalue weighted by atomic mass is 9.72. The van der Waals surface area contributed by atoms with Crippen molar-refractivity contribution < 1.29 is 14.0 Å². The number of anilines is 1. The highest BCUT2D eigenvalue weighted by Gasteiger charge is 2.33. The summed E-state index contributed by atoms with van der Waals surface area (Å²) >= 11 is 18.9. The Morgan fingerprint density at radius 2 is 1.91 bits per heavy atom. The van der Waals surface area contributed by atoms with Crippen LogP contribution in [0.4, 0.5) is 5.00 Å². The number of thiocarbonyl (C=S) groups is 1. The van der Waals surface area contributed by atoms with Crippen molar-refractivity contribution in [2.24, 2.45) is 17.1 Å². The second-order valence-electron chi connectivity index (χ2n) is 9.58. The van der Waals surface area contributed by atoms with E-state index < -0.39 is 11.8 Å². The van der Waals surface area contributed by atoms with Gasteiger partial charge in [0.1, 0.15) is 10.8 Å². The number of carbonyl (C=O) groups is 2. The zero-order valence-corrected chi connectivity index (χ0v) is 22.6. The molecular weight excluding hydrogens is 525 g/mol. The van der Waals surface area contributed by atoms with E-state index in [1.54, 1.807) is 30.3 Å². The number of amides is 2. The van der Waals surface area contributed by atoms with Gasteiger partial charge in [0.15, 0.2) is 10.9 Å². The van der Waals surface area contributed by atoms with Gasteiger partial charge in [-0.15, -0.1) is 11.3 Å². The van der Waals surface area contributed by atoms with Crippen molar-refractivity contribution >= 4 is 68.7 Å². The lowest BCUT2D eigenvalue weighted by Crippen LogP contribution is -2.34. The van der Waals surface area contributed by atoms with Gasteiger partial charge < -0.3 is 15.5 Å². The van der Waals surface area contributed by atoms with Gasteiger partial charge in [0.05, 0.1) is 15.6 Å². The first-order chi connectivity index (χ1) is 16.4. The Morgan fingerprint density at radius 1 is 1.17 bits per heavy atom. The minimum Gasteiger partial charge on any atom is -0.451 e. The molecule has 0 saturated heterocycles. The Morgan fingerprint density at radius 3 is 2.57 bits per heavy atom. The molecule has 184 valence electrons. The Bertz CT molecular complexity index is 1320. The highest BCUT2D eigenvalue weighted by molar-refractivity contribution is 7.80. The molecule has 6 nitrogen and oxygen atoms in total. The van der Waals surface area contributed by atoms with Crippen molar-refractivity contribution in [1.82, 2.24) is 5.32 Å². The molecule has 0 spiro atoms. The molecule has 2 heterocycles. The van der Waals surface area contributed by atoms with Gasteiger partial charge in [-0.25, -0.2) is 0 Å². The predicted molar refractivity (Wildman–Crippen MR) is 146 cm³/mol. The number of furan rings is 1. The molecule has 1 aromatic carbocycles. The molecule has 0 aliphatic heterocycles. The largest absolute Gasteiger partial charge is 0.451 e. The van der Waals surface area contributed by atoms with Crippen molar-refractivity contribution in [3.63, 3.8) is 0 Å². The molecule has 10 heteroatoms. The van der Waals surface area contributed by atoms with Crippen molar-refractivity contribution in [2.45, 2.75) is 40.0 Å². The van der Waals surface area contributed by atoms with Crippen LogP contribution in [0.2, 0.25) is 10.0 Å². The highest BCUT2D eigenvalue weighted by Crippen LogP contribution is 2.44. The maximum Gasteiger partial charge on any atom is 0.293 e. The molecule has 0 bridgehead atoms. The van der Waals surface area contributed by atoms with E-state index >= 15 is 0 Å². The smallest absolute Gasteiger partial charge is 0.293 e. The van der Waals surface area contributed by atoms with Crippen molar-refractivity contribution in [3.05, 3.63) is 62.1 Å². The number of hydrogen-bond acceptors (Lipinski definition) is 5. The molecule has 3 aromatic rings. The average molecular weight is 551 g/mol. The van der Waals surface area contributed by atoms with Gasteiger partial charge in [-0.1, -0.05) is 44.0 Å². The van der Waals surface area contributed by atoms with Crippen LogP contribution in [0.25, 0.3) is 11.3 Å². The second kappa shape index (κ2) is 9.93. The Labute approximate surface area is 223 Å². The second-order valence-corrected chi connectivity index (χ2v) is 11.9. The highest BCUT2D eigenvalue weighted by atomic mass is 35.5. The molecule has 1 unspecified atom stereocenters. The molecule has 0 saturated carbocycles. The van der Waals surface area contributed by atoms with Gasteiger partial charge in [0.2, 0.25) is 0 Å². The molecule has 0 fully saturated rings. The molecule has 4 rings (SSSR count). The number of hydrogen-bond donors (Lipinski definition) is 3. The van der Waals surface area contributed by atoms with Crippen molar-refractivity contribution in [1.29, 1.82) is 0 Å². The number of nitrogens with one attached hydrogen (secondary N) is 2. The third-order valence-electron chi connectivity index (χ3n) is 6.22. The summed E-state index contributed by atoms with van der Waals surface area (Å²) in [5.74, 6) is 0.0125. The van der Waals surface area contributed by atoms with E-state index in [0.29, 0.717) is 37.9 Å². The van der Waals surface area contributed by atoms with E-state index in [1.165, 1.54) is 11.3 Å². The first-order valence-corrected chi connectivity index (χ1v) is 13.0. The molecular formula is C25H25Cl2N3O3S2. The summed E-state index contributed by atoms with van der Waals surface area (Å²) < 4.78 is 5.68. The molecule has 1 aliphatic rings. The Balaban J connectivity index is 1.48. The van der Waals surface area contributed by atoms with E-state index in [1.807, 2.05) is 0 Å². The van der Waals surface area contributed by atoms with Gasteiger partial charge in [-0.2, -0.15) is 0 Å². The maximum atomic E-state index is 12.7. The molecule has 2 aromatic heterocycles.